The molecule has 2 aromatic heterocycles. The summed E-state index contributed by atoms with van der Waals surface area (Å²) in [5, 5.41) is 2.93. The van der Waals surface area contributed by atoms with Crippen molar-refractivity contribution in [1.29, 1.82) is 0 Å². The fourth-order valence-electron chi connectivity index (χ4n) is 3.66. The molecule has 8 nitrogen and oxygen atoms in total. The van der Waals surface area contributed by atoms with Gasteiger partial charge in [-0.2, -0.15) is 0 Å². The summed E-state index contributed by atoms with van der Waals surface area (Å²) in [4.78, 5) is 21.2. The van der Waals surface area contributed by atoms with Gasteiger partial charge in [0.15, 0.2) is 0 Å². The molecule has 0 bridgehead atoms. The molecule has 4 rings (SSSR count). The number of nitrogens with zero attached hydrogens (tertiary/aromatic N) is 4. The summed E-state index contributed by atoms with van der Waals surface area (Å²) in [6.07, 6.45) is 7.95. The average Bonchev–Trinajstić information content (AvgIpc) is 3.16. The van der Waals surface area contributed by atoms with Crippen molar-refractivity contribution in [1.82, 2.24) is 19.9 Å². The number of hydrogen-bond donors (Lipinski definition) is 1. The second-order valence-corrected chi connectivity index (χ2v) is 9.24. The molecule has 0 aliphatic carbocycles. The predicted octanol–water partition coefficient (Wildman–Crippen LogP) is 2.22. The van der Waals surface area contributed by atoms with Crippen LogP contribution in [0.2, 0.25) is 0 Å². The van der Waals surface area contributed by atoms with Crippen LogP contribution in [0.5, 0.6) is 0 Å². The van der Waals surface area contributed by atoms with Crippen molar-refractivity contribution < 1.29 is 13.2 Å². The van der Waals surface area contributed by atoms with Crippen molar-refractivity contribution in [2.45, 2.75) is 26.3 Å². The third-order valence-corrected chi connectivity index (χ3v) is 6.33. The Hall–Kier alpha value is -3.20. The van der Waals surface area contributed by atoms with Crippen LogP contribution in [0.3, 0.4) is 0 Å². The van der Waals surface area contributed by atoms with Crippen molar-refractivity contribution in [3.05, 3.63) is 71.4 Å². The van der Waals surface area contributed by atoms with Gasteiger partial charge in [0.1, 0.15) is 11.6 Å². The summed E-state index contributed by atoms with van der Waals surface area (Å²) >= 11 is 0. The van der Waals surface area contributed by atoms with Crippen molar-refractivity contribution in [2.75, 3.05) is 17.1 Å². The SMILES string of the molecule is Cc1nccn1-c1cc(CNC(=O)c2ccc3c(c2)CCCN3S(C)(=O)=O)ccn1. The van der Waals surface area contributed by atoms with Gasteiger partial charge in [-0.3, -0.25) is 13.7 Å². The Kier molecular flexibility index (Phi) is 5.29. The molecule has 0 atom stereocenters. The van der Waals surface area contributed by atoms with E-state index in [9.17, 15) is 13.2 Å². The third kappa shape index (κ3) is 4.06. The zero-order valence-electron chi connectivity index (χ0n) is 16.9. The van der Waals surface area contributed by atoms with Gasteiger partial charge in [-0.15, -0.1) is 0 Å². The Labute approximate surface area is 175 Å². The molecule has 1 aliphatic rings. The molecule has 1 N–H and O–H groups in total. The van der Waals surface area contributed by atoms with Gasteiger partial charge in [0.05, 0.1) is 11.9 Å². The van der Waals surface area contributed by atoms with Crippen molar-refractivity contribution in [3.63, 3.8) is 0 Å². The maximum absolute atomic E-state index is 12.7. The zero-order chi connectivity index (χ0) is 21.3. The molecule has 3 heterocycles. The number of fused-ring (bicyclic) bond motifs is 1. The number of anilines is 1. The number of amides is 1. The molecular weight excluding hydrogens is 402 g/mol. The standard InChI is InChI=1S/C21H23N5O3S/c1-15-22-9-11-25(15)20-12-16(7-8-23-20)14-24-21(27)18-5-6-19-17(13-18)4-3-10-26(19)30(2,28)29/h5-9,11-13H,3-4,10,14H2,1-2H3,(H,24,27). The van der Waals surface area contributed by atoms with Gasteiger partial charge in [-0.05, 0) is 61.2 Å². The van der Waals surface area contributed by atoms with Crippen LogP contribution in [0.25, 0.3) is 5.82 Å². The van der Waals surface area contributed by atoms with E-state index >= 15 is 0 Å². The number of aromatic nitrogens is 3. The first-order chi connectivity index (χ1) is 14.3. The van der Waals surface area contributed by atoms with E-state index in [0.29, 0.717) is 24.3 Å². The number of carbonyl (C=O) groups is 1. The maximum atomic E-state index is 12.7. The topological polar surface area (TPSA) is 97.2 Å². The molecule has 0 fully saturated rings. The highest BCUT2D eigenvalue weighted by atomic mass is 32.2. The molecule has 0 saturated carbocycles. The molecule has 0 radical (unpaired) electrons. The highest BCUT2D eigenvalue weighted by Crippen LogP contribution is 2.29. The molecule has 1 amide bonds. The van der Waals surface area contributed by atoms with Crippen LogP contribution in [-0.2, 0) is 23.0 Å². The fourth-order valence-corrected chi connectivity index (χ4v) is 4.65. The molecule has 3 aromatic rings. The number of imidazole rings is 1. The third-order valence-electron chi connectivity index (χ3n) is 5.15. The fraction of sp³-hybridized carbons (Fsp3) is 0.286. The Morgan fingerprint density at radius 2 is 2.00 bits per heavy atom. The Morgan fingerprint density at radius 1 is 1.17 bits per heavy atom. The molecule has 1 aliphatic heterocycles. The minimum atomic E-state index is -3.32. The number of aryl methyl sites for hydroxylation is 2. The normalized spacial score (nSPS) is 13.7. The molecule has 9 heteroatoms. The summed E-state index contributed by atoms with van der Waals surface area (Å²) in [5.74, 6) is 1.37. The molecule has 0 unspecified atom stereocenters. The molecule has 0 saturated heterocycles. The zero-order valence-corrected chi connectivity index (χ0v) is 17.7. The van der Waals surface area contributed by atoms with Gasteiger partial charge in [-0.1, -0.05) is 0 Å². The Morgan fingerprint density at radius 3 is 2.73 bits per heavy atom. The summed E-state index contributed by atoms with van der Waals surface area (Å²) in [7, 11) is -3.32. The van der Waals surface area contributed by atoms with E-state index in [0.717, 1.165) is 35.6 Å². The van der Waals surface area contributed by atoms with Crippen LogP contribution in [0, 0.1) is 6.92 Å². The number of carbonyl (C=O) groups excluding carboxylic acids is 1. The van der Waals surface area contributed by atoms with E-state index in [4.69, 9.17) is 0 Å². The summed E-state index contributed by atoms with van der Waals surface area (Å²) in [6, 6.07) is 8.94. The number of sulfonamides is 1. The first kappa shape index (κ1) is 20.1. The van der Waals surface area contributed by atoms with Crippen LogP contribution in [0.4, 0.5) is 5.69 Å². The predicted molar refractivity (Wildman–Crippen MR) is 114 cm³/mol. The smallest absolute Gasteiger partial charge is 0.251 e. The maximum Gasteiger partial charge on any atom is 0.251 e. The van der Waals surface area contributed by atoms with Crippen molar-refractivity contribution >= 4 is 21.6 Å². The number of pyridine rings is 1. The van der Waals surface area contributed by atoms with E-state index < -0.39 is 10.0 Å². The lowest BCUT2D eigenvalue weighted by Gasteiger charge is -2.29. The van der Waals surface area contributed by atoms with Crippen LogP contribution in [0.15, 0.2) is 48.9 Å². The highest BCUT2D eigenvalue weighted by molar-refractivity contribution is 7.92. The lowest BCUT2D eigenvalue weighted by atomic mass is 10.0. The quantitative estimate of drug-likeness (QED) is 0.676. The van der Waals surface area contributed by atoms with Crippen molar-refractivity contribution in [2.24, 2.45) is 0 Å². The molecule has 1 aromatic carbocycles. The first-order valence-corrected chi connectivity index (χ1v) is 11.5. The molecule has 30 heavy (non-hydrogen) atoms. The minimum absolute atomic E-state index is 0.202. The van der Waals surface area contributed by atoms with Gasteiger partial charge in [0.2, 0.25) is 10.0 Å². The first-order valence-electron chi connectivity index (χ1n) is 9.67. The summed E-state index contributed by atoms with van der Waals surface area (Å²) in [5.41, 5.74) is 2.97. The van der Waals surface area contributed by atoms with E-state index in [2.05, 4.69) is 15.3 Å². The van der Waals surface area contributed by atoms with Crippen LogP contribution < -0.4 is 9.62 Å². The number of hydrogen-bond acceptors (Lipinski definition) is 5. The summed E-state index contributed by atoms with van der Waals surface area (Å²) in [6.45, 7) is 2.73. The van der Waals surface area contributed by atoms with Gasteiger partial charge in [0, 0.05) is 37.2 Å². The molecule has 0 spiro atoms. The average molecular weight is 426 g/mol. The van der Waals surface area contributed by atoms with Gasteiger partial charge in [0.25, 0.3) is 5.91 Å². The lowest BCUT2D eigenvalue weighted by molar-refractivity contribution is 0.0951. The lowest BCUT2D eigenvalue weighted by Crippen LogP contribution is -2.34. The van der Waals surface area contributed by atoms with Crippen LogP contribution in [-0.4, -0.2) is 41.7 Å². The second kappa shape index (κ2) is 7.91. The Balaban J connectivity index is 1.48. The van der Waals surface area contributed by atoms with Gasteiger partial charge in [-0.25, -0.2) is 18.4 Å². The Bertz CT molecular complexity index is 1200. The summed E-state index contributed by atoms with van der Waals surface area (Å²) < 4.78 is 27.3. The second-order valence-electron chi connectivity index (χ2n) is 7.33. The number of nitrogens with one attached hydrogen (secondary N) is 1. The van der Waals surface area contributed by atoms with Crippen LogP contribution in [0.1, 0.15) is 33.7 Å². The molecular formula is C21H23N5O3S. The van der Waals surface area contributed by atoms with E-state index in [1.165, 1.54) is 10.6 Å². The van der Waals surface area contributed by atoms with Crippen molar-refractivity contribution in [3.8, 4) is 5.82 Å². The highest BCUT2D eigenvalue weighted by Gasteiger charge is 2.24. The van der Waals surface area contributed by atoms with E-state index in [-0.39, 0.29) is 5.91 Å². The van der Waals surface area contributed by atoms with E-state index in [1.54, 1.807) is 30.6 Å². The van der Waals surface area contributed by atoms with Gasteiger partial charge >= 0.3 is 0 Å². The number of rotatable bonds is 5. The number of benzene rings is 1. The monoisotopic (exact) mass is 425 g/mol. The van der Waals surface area contributed by atoms with Gasteiger partial charge < -0.3 is 5.32 Å². The van der Waals surface area contributed by atoms with Crippen LogP contribution >= 0.6 is 0 Å². The largest absolute Gasteiger partial charge is 0.348 e. The molecule has 156 valence electrons. The minimum Gasteiger partial charge on any atom is -0.348 e. The van der Waals surface area contributed by atoms with E-state index in [1.807, 2.05) is 29.8 Å².